The van der Waals surface area contributed by atoms with Gasteiger partial charge in [-0.15, -0.1) is 5.10 Å². The maximum atomic E-state index is 9.58. The van der Waals surface area contributed by atoms with E-state index in [1.165, 1.54) is 42.4 Å². The highest BCUT2D eigenvalue weighted by Crippen LogP contribution is 2.52. The molecule has 0 amide bonds. The molecule has 2 aliphatic rings. The second kappa shape index (κ2) is 5.64. The molecule has 1 saturated carbocycles. The number of nitrogens with zero attached hydrogens (tertiary/aromatic N) is 4. The maximum Gasteiger partial charge on any atom is 0.182 e. The highest BCUT2D eigenvalue weighted by Gasteiger charge is 2.43. The van der Waals surface area contributed by atoms with Crippen LogP contribution >= 0.6 is 0 Å². The third kappa shape index (κ3) is 2.16. The van der Waals surface area contributed by atoms with Crippen LogP contribution in [0.4, 0.5) is 0 Å². The Morgan fingerprint density at radius 3 is 2.57 bits per heavy atom. The molecular weight excluding hydrogens is 348 g/mol. The minimum atomic E-state index is 0.110. The van der Waals surface area contributed by atoms with Crippen molar-refractivity contribution in [3.05, 3.63) is 66.0 Å². The van der Waals surface area contributed by atoms with Gasteiger partial charge in [0.05, 0.1) is 5.69 Å². The van der Waals surface area contributed by atoms with Crippen molar-refractivity contribution >= 4 is 5.65 Å². The lowest BCUT2D eigenvalue weighted by atomic mass is 9.68. The number of aromatic nitrogens is 4. The van der Waals surface area contributed by atoms with Gasteiger partial charge in [-0.25, -0.2) is 14.5 Å². The summed E-state index contributed by atoms with van der Waals surface area (Å²) < 4.78 is 1.83. The number of phenolic OH excluding ortho intramolecular Hbond substituents is 1. The molecule has 1 spiro atoms. The standard InChI is InChI=1S/C23H20N4O/c28-17-9-7-15(8-10-17)21-25-22-19-20(24-14-27(22)26-21)18-6-2-1-5-16(18)13-23(19)11-3-4-12-23/h1-2,5-10,14,28H,3-4,11-13H2. The Morgan fingerprint density at radius 2 is 1.75 bits per heavy atom. The van der Waals surface area contributed by atoms with Crippen molar-refractivity contribution in [2.75, 3.05) is 0 Å². The Balaban J connectivity index is 1.63. The van der Waals surface area contributed by atoms with Crippen molar-refractivity contribution in [1.29, 1.82) is 0 Å². The molecule has 2 heterocycles. The van der Waals surface area contributed by atoms with Crippen molar-refractivity contribution in [2.45, 2.75) is 37.5 Å². The molecule has 2 aliphatic carbocycles. The Hall–Kier alpha value is -3.21. The molecule has 4 aromatic rings. The zero-order valence-corrected chi connectivity index (χ0v) is 15.5. The summed E-state index contributed by atoms with van der Waals surface area (Å²) in [5.74, 6) is 0.912. The van der Waals surface area contributed by atoms with E-state index in [0.717, 1.165) is 23.3 Å². The molecule has 0 saturated heterocycles. The van der Waals surface area contributed by atoms with Gasteiger partial charge in [-0.3, -0.25) is 0 Å². The van der Waals surface area contributed by atoms with Gasteiger partial charge in [-0.1, -0.05) is 37.1 Å². The van der Waals surface area contributed by atoms with Crippen LogP contribution in [-0.2, 0) is 11.8 Å². The van der Waals surface area contributed by atoms with Crippen molar-refractivity contribution in [2.24, 2.45) is 0 Å². The van der Waals surface area contributed by atoms with Crippen molar-refractivity contribution in [3.8, 4) is 28.4 Å². The minimum absolute atomic E-state index is 0.110. The van der Waals surface area contributed by atoms with Crippen LogP contribution in [0.5, 0.6) is 5.75 Å². The van der Waals surface area contributed by atoms with Crippen molar-refractivity contribution < 1.29 is 5.11 Å². The smallest absolute Gasteiger partial charge is 0.182 e. The Bertz CT molecular complexity index is 1200. The van der Waals surface area contributed by atoms with Gasteiger partial charge >= 0.3 is 0 Å². The predicted molar refractivity (Wildman–Crippen MR) is 107 cm³/mol. The molecule has 5 nitrogen and oxygen atoms in total. The lowest BCUT2D eigenvalue weighted by molar-refractivity contribution is 0.433. The van der Waals surface area contributed by atoms with Gasteiger partial charge in [-0.2, -0.15) is 0 Å². The van der Waals surface area contributed by atoms with E-state index in [-0.39, 0.29) is 11.2 Å². The first-order valence-electron chi connectivity index (χ1n) is 9.87. The topological polar surface area (TPSA) is 63.3 Å². The van der Waals surface area contributed by atoms with Crippen LogP contribution in [0.3, 0.4) is 0 Å². The molecule has 1 fully saturated rings. The van der Waals surface area contributed by atoms with Crippen LogP contribution in [0, 0.1) is 0 Å². The minimum Gasteiger partial charge on any atom is -0.508 e. The number of hydrogen-bond donors (Lipinski definition) is 1. The first-order valence-corrected chi connectivity index (χ1v) is 9.87. The summed E-state index contributed by atoms with van der Waals surface area (Å²) in [6, 6.07) is 15.7. The fraction of sp³-hybridized carbons (Fsp3) is 0.261. The molecule has 28 heavy (non-hydrogen) atoms. The number of aromatic hydroxyl groups is 1. The molecule has 2 aromatic heterocycles. The van der Waals surface area contributed by atoms with E-state index in [1.807, 2.05) is 16.6 Å². The van der Waals surface area contributed by atoms with Crippen LogP contribution in [0.25, 0.3) is 28.3 Å². The lowest BCUT2D eigenvalue weighted by Gasteiger charge is -2.36. The third-order valence-corrected chi connectivity index (χ3v) is 6.41. The monoisotopic (exact) mass is 368 g/mol. The predicted octanol–water partition coefficient (Wildman–Crippen LogP) is 4.53. The van der Waals surface area contributed by atoms with E-state index in [9.17, 15) is 5.11 Å². The number of hydrogen-bond acceptors (Lipinski definition) is 4. The Kier molecular flexibility index (Phi) is 3.19. The van der Waals surface area contributed by atoms with E-state index in [1.54, 1.807) is 18.5 Å². The van der Waals surface area contributed by atoms with Crippen molar-refractivity contribution in [3.63, 3.8) is 0 Å². The van der Waals surface area contributed by atoms with E-state index in [0.29, 0.717) is 5.82 Å². The van der Waals surface area contributed by atoms with Crippen LogP contribution in [0.2, 0.25) is 0 Å². The van der Waals surface area contributed by atoms with Crippen LogP contribution < -0.4 is 0 Å². The fourth-order valence-electron chi connectivity index (χ4n) is 5.12. The molecule has 0 radical (unpaired) electrons. The summed E-state index contributed by atoms with van der Waals surface area (Å²) in [7, 11) is 0. The van der Waals surface area contributed by atoms with Gasteiger partial charge < -0.3 is 5.11 Å². The summed E-state index contributed by atoms with van der Waals surface area (Å²) in [5.41, 5.74) is 6.89. The molecular formula is C23H20N4O. The number of benzene rings is 2. The number of fused-ring (bicyclic) bond motifs is 6. The van der Waals surface area contributed by atoms with Gasteiger partial charge in [0.1, 0.15) is 12.1 Å². The van der Waals surface area contributed by atoms with Gasteiger partial charge in [0, 0.05) is 22.1 Å². The highest BCUT2D eigenvalue weighted by molar-refractivity contribution is 5.78. The SMILES string of the molecule is Oc1ccc(-c2nc3c4c(ncn3n2)-c2ccccc2CC42CCCC2)cc1. The molecule has 5 heteroatoms. The number of phenols is 1. The summed E-state index contributed by atoms with van der Waals surface area (Å²) in [4.78, 5) is 9.80. The van der Waals surface area contributed by atoms with Gasteiger partial charge in [-0.05, 0) is 49.1 Å². The molecule has 0 atom stereocenters. The van der Waals surface area contributed by atoms with E-state index >= 15 is 0 Å². The largest absolute Gasteiger partial charge is 0.508 e. The first kappa shape index (κ1) is 15.8. The first-order chi connectivity index (χ1) is 13.7. The average molecular weight is 368 g/mol. The second-order valence-electron chi connectivity index (χ2n) is 8.04. The van der Waals surface area contributed by atoms with Gasteiger partial charge in [0.2, 0.25) is 0 Å². The van der Waals surface area contributed by atoms with Crippen LogP contribution in [0.15, 0.2) is 54.9 Å². The summed E-state index contributed by atoms with van der Waals surface area (Å²) in [5, 5.41) is 14.3. The number of rotatable bonds is 1. The third-order valence-electron chi connectivity index (χ3n) is 6.41. The lowest BCUT2D eigenvalue weighted by Crippen LogP contribution is -2.31. The fourth-order valence-corrected chi connectivity index (χ4v) is 5.12. The molecule has 138 valence electrons. The van der Waals surface area contributed by atoms with E-state index < -0.39 is 0 Å². The van der Waals surface area contributed by atoms with E-state index in [2.05, 4.69) is 24.3 Å². The normalized spacial score (nSPS) is 17.0. The quantitative estimate of drug-likeness (QED) is 0.536. The maximum absolute atomic E-state index is 9.58. The molecule has 0 unspecified atom stereocenters. The molecule has 6 rings (SSSR count). The molecule has 2 aromatic carbocycles. The summed E-state index contributed by atoms with van der Waals surface area (Å²) in [6.07, 6.45) is 7.70. The summed E-state index contributed by atoms with van der Waals surface area (Å²) in [6.45, 7) is 0. The Morgan fingerprint density at radius 1 is 0.964 bits per heavy atom. The zero-order valence-electron chi connectivity index (χ0n) is 15.5. The zero-order chi connectivity index (χ0) is 18.7. The average Bonchev–Trinajstić information content (AvgIpc) is 3.36. The second-order valence-corrected chi connectivity index (χ2v) is 8.04. The highest BCUT2D eigenvalue weighted by atomic mass is 16.3. The molecule has 0 aliphatic heterocycles. The van der Waals surface area contributed by atoms with Crippen LogP contribution in [-0.4, -0.2) is 24.7 Å². The van der Waals surface area contributed by atoms with E-state index in [4.69, 9.17) is 15.1 Å². The van der Waals surface area contributed by atoms with Gasteiger partial charge in [0.25, 0.3) is 0 Å². The van der Waals surface area contributed by atoms with Gasteiger partial charge in [0.15, 0.2) is 11.5 Å². The summed E-state index contributed by atoms with van der Waals surface area (Å²) >= 11 is 0. The molecule has 1 N–H and O–H groups in total. The van der Waals surface area contributed by atoms with Crippen LogP contribution in [0.1, 0.15) is 36.8 Å². The molecule has 0 bridgehead atoms. The Labute approximate surface area is 162 Å². The van der Waals surface area contributed by atoms with Crippen molar-refractivity contribution in [1.82, 2.24) is 19.6 Å².